The van der Waals surface area contributed by atoms with E-state index in [4.69, 9.17) is 0 Å². The summed E-state index contributed by atoms with van der Waals surface area (Å²) in [6, 6.07) is 6.80. The van der Waals surface area contributed by atoms with Crippen molar-refractivity contribution in [1.82, 2.24) is 14.9 Å². The molecule has 0 unspecified atom stereocenters. The predicted molar refractivity (Wildman–Crippen MR) is 109 cm³/mol. The molecule has 0 fully saturated rings. The van der Waals surface area contributed by atoms with Crippen LogP contribution in [0.1, 0.15) is 44.5 Å². The van der Waals surface area contributed by atoms with E-state index >= 15 is 0 Å². The number of nitrogens with zero attached hydrogens (tertiary/aromatic N) is 2. The van der Waals surface area contributed by atoms with Gasteiger partial charge in [0.05, 0.1) is 22.4 Å². The predicted octanol–water partition coefficient (Wildman–Crippen LogP) is 3.46. The molecule has 1 aliphatic heterocycles. The van der Waals surface area contributed by atoms with Crippen LogP contribution in [0.4, 0.5) is 0 Å². The molecule has 3 aromatic rings. The molecular formula is C20H17N3O3S2. The number of hydrogen-bond acceptors (Lipinski definition) is 6. The summed E-state index contributed by atoms with van der Waals surface area (Å²) in [5.41, 5.74) is 1.85. The number of benzene rings is 1. The highest BCUT2D eigenvalue weighted by molar-refractivity contribution is 7.99. The smallest absolute Gasteiger partial charge is 0.262 e. The van der Waals surface area contributed by atoms with E-state index in [9.17, 15) is 14.4 Å². The van der Waals surface area contributed by atoms with E-state index in [0.29, 0.717) is 27.6 Å². The zero-order valence-electron chi connectivity index (χ0n) is 15.2. The van der Waals surface area contributed by atoms with Crippen LogP contribution in [0.15, 0.2) is 34.2 Å². The standard InChI is InChI=1S/C20H17N3O3S2/c1-10-6-7-13-14(8-10)28-17-15(13)16(24)21-20(22-17)27-9-23-18(25)11-4-2-3-5-12(11)19(23)26/h2-5,10H,6-9H2,1H3,(H,21,22,24)/t10-/m0/s1. The van der Waals surface area contributed by atoms with E-state index in [0.717, 1.165) is 29.7 Å². The Kier molecular flexibility index (Phi) is 4.13. The summed E-state index contributed by atoms with van der Waals surface area (Å²) < 4.78 is 0. The number of carbonyl (C=O) groups excluding carboxylic acids is 2. The molecule has 28 heavy (non-hydrogen) atoms. The third-order valence-corrected chi connectivity index (χ3v) is 7.35. The fourth-order valence-electron chi connectivity index (χ4n) is 3.88. The summed E-state index contributed by atoms with van der Waals surface area (Å²) in [5.74, 6) is 0.125. The first kappa shape index (κ1) is 17.6. The molecule has 1 atom stereocenters. The summed E-state index contributed by atoms with van der Waals surface area (Å²) in [7, 11) is 0. The first-order chi connectivity index (χ1) is 13.5. The molecule has 1 N–H and O–H groups in total. The molecule has 2 aromatic heterocycles. The second-order valence-corrected chi connectivity index (χ2v) is 9.28. The Morgan fingerprint density at radius 2 is 1.93 bits per heavy atom. The van der Waals surface area contributed by atoms with Crippen LogP contribution in [0.5, 0.6) is 0 Å². The number of imide groups is 1. The minimum Gasteiger partial charge on any atom is -0.301 e. The van der Waals surface area contributed by atoms with E-state index in [1.807, 2.05) is 0 Å². The molecule has 0 bridgehead atoms. The number of fused-ring (bicyclic) bond motifs is 4. The molecular weight excluding hydrogens is 394 g/mol. The van der Waals surface area contributed by atoms with Crippen LogP contribution in [0.25, 0.3) is 10.2 Å². The number of aryl methyl sites for hydroxylation is 1. The average molecular weight is 412 g/mol. The SMILES string of the molecule is C[C@H]1CCc2c(sc3nc(SCN4C(=O)c5ccccc5C4=O)[nH]c(=O)c23)C1. The largest absolute Gasteiger partial charge is 0.301 e. The Labute approximate surface area is 169 Å². The number of thiophene rings is 1. The van der Waals surface area contributed by atoms with Gasteiger partial charge in [0.25, 0.3) is 17.4 Å². The van der Waals surface area contributed by atoms with Gasteiger partial charge in [-0.05, 0) is 42.9 Å². The van der Waals surface area contributed by atoms with Gasteiger partial charge in [-0.2, -0.15) is 0 Å². The Balaban J connectivity index is 1.42. The maximum absolute atomic E-state index is 12.7. The van der Waals surface area contributed by atoms with Crippen molar-refractivity contribution >= 4 is 45.1 Å². The van der Waals surface area contributed by atoms with Crippen LogP contribution in [-0.2, 0) is 12.8 Å². The molecule has 2 aliphatic rings. The fraction of sp³-hybridized carbons (Fsp3) is 0.300. The Morgan fingerprint density at radius 1 is 1.21 bits per heavy atom. The maximum atomic E-state index is 12.7. The molecule has 0 radical (unpaired) electrons. The lowest BCUT2D eigenvalue weighted by molar-refractivity contribution is 0.0684. The number of carbonyl (C=O) groups is 2. The highest BCUT2D eigenvalue weighted by atomic mass is 32.2. The summed E-state index contributed by atoms with van der Waals surface area (Å²) in [5, 5.41) is 1.14. The third-order valence-electron chi connectivity index (χ3n) is 5.35. The average Bonchev–Trinajstić information content (AvgIpc) is 3.16. The number of H-pyrrole nitrogens is 1. The highest BCUT2D eigenvalue weighted by Crippen LogP contribution is 2.36. The first-order valence-corrected chi connectivity index (χ1v) is 11.0. The second-order valence-electron chi connectivity index (χ2n) is 7.26. The van der Waals surface area contributed by atoms with Crippen molar-refractivity contribution in [3.8, 4) is 0 Å². The van der Waals surface area contributed by atoms with E-state index in [1.54, 1.807) is 35.6 Å². The third kappa shape index (κ3) is 2.70. The van der Waals surface area contributed by atoms with Crippen molar-refractivity contribution in [1.29, 1.82) is 0 Å². The van der Waals surface area contributed by atoms with Crippen LogP contribution >= 0.6 is 23.1 Å². The van der Waals surface area contributed by atoms with Gasteiger partial charge in [-0.15, -0.1) is 11.3 Å². The Bertz CT molecular complexity index is 1160. The lowest BCUT2D eigenvalue weighted by Crippen LogP contribution is -2.29. The number of rotatable bonds is 3. The van der Waals surface area contributed by atoms with Crippen molar-refractivity contribution in [2.75, 3.05) is 5.88 Å². The highest BCUT2D eigenvalue weighted by Gasteiger charge is 2.35. The number of hydrogen-bond donors (Lipinski definition) is 1. The number of aromatic nitrogens is 2. The first-order valence-electron chi connectivity index (χ1n) is 9.15. The van der Waals surface area contributed by atoms with Crippen LogP contribution in [0.2, 0.25) is 0 Å². The molecule has 6 nitrogen and oxygen atoms in total. The van der Waals surface area contributed by atoms with Gasteiger partial charge in [0.2, 0.25) is 0 Å². The van der Waals surface area contributed by atoms with Crippen LogP contribution in [0.3, 0.4) is 0 Å². The van der Waals surface area contributed by atoms with Crippen molar-refractivity contribution in [3.05, 3.63) is 56.2 Å². The van der Waals surface area contributed by atoms with Crippen LogP contribution in [0, 0.1) is 5.92 Å². The monoisotopic (exact) mass is 411 g/mol. The molecule has 0 spiro atoms. The molecule has 1 aliphatic carbocycles. The van der Waals surface area contributed by atoms with Gasteiger partial charge < -0.3 is 4.98 Å². The Morgan fingerprint density at radius 3 is 2.64 bits per heavy atom. The van der Waals surface area contributed by atoms with Crippen molar-refractivity contribution in [2.24, 2.45) is 5.92 Å². The van der Waals surface area contributed by atoms with E-state index in [2.05, 4.69) is 16.9 Å². The van der Waals surface area contributed by atoms with Crippen molar-refractivity contribution in [2.45, 2.75) is 31.3 Å². The van der Waals surface area contributed by atoms with Crippen LogP contribution < -0.4 is 5.56 Å². The Hall–Kier alpha value is -2.45. The molecule has 0 saturated carbocycles. The van der Waals surface area contributed by atoms with Gasteiger partial charge in [0.1, 0.15) is 4.83 Å². The summed E-state index contributed by atoms with van der Waals surface area (Å²) in [4.78, 5) is 48.2. The van der Waals surface area contributed by atoms with Gasteiger partial charge in [-0.1, -0.05) is 30.8 Å². The van der Waals surface area contributed by atoms with Crippen LogP contribution in [-0.4, -0.2) is 32.6 Å². The zero-order valence-corrected chi connectivity index (χ0v) is 16.8. The second kappa shape index (κ2) is 6.56. The van der Waals surface area contributed by atoms with Gasteiger partial charge in [0.15, 0.2) is 5.16 Å². The fourth-order valence-corrected chi connectivity index (χ4v) is 6.13. The van der Waals surface area contributed by atoms with Crippen molar-refractivity contribution < 1.29 is 9.59 Å². The minimum absolute atomic E-state index is 0.114. The van der Waals surface area contributed by atoms with E-state index < -0.39 is 0 Å². The number of aromatic amines is 1. The topological polar surface area (TPSA) is 83.1 Å². The minimum atomic E-state index is -0.308. The summed E-state index contributed by atoms with van der Waals surface area (Å²) in [6.07, 6.45) is 3.00. The normalized spacial score (nSPS) is 18.6. The van der Waals surface area contributed by atoms with Gasteiger partial charge in [-0.25, -0.2) is 4.98 Å². The number of nitrogens with one attached hydrogen (secondary N) is 1. The molecule has 2 amide bonds. The van der Waals surface area contributed by atoms with Crippen molar-refractivity contribution in [3.63, 3.8) is 0 Å². The lowest BCUT2D eigenvalue weighted by atomic mass is 9.89. The molecule has 3 heterocycles. The number of amides is 2. The molecule has 0 saturated heterocycles. The van der Waals surface area contributed by atoms with E-state index in [1.165, 1.54) is 21.5 Å². The quantitative estimate of drug-likeness (QED) is 0.405. The molecule has 5 rings (SSSR count). The maximum Gasteiger partial charge on any atom is 0.262 e. The van der Waals surface area contributed by atoms with E-state index in [-0.39, 0.29) is 23.3 Å². The molecule has 1 aromatic carbocycles. The molecule has 8 heteroatoms. The van der Waals surface area contributed by atoms with Gasteiger partial charge in [0, 0.05) is 4.88 Å². The summed E-state index contributed by atoms with van der Waals surface area (Å²) in [6.45, 7) is 2.23. The van der Waals surface area contributed by atoms with Gasteiger partial charge in [-0.3, -0.25) is 19.3 Å². The number of thioether (sulfide) groups is 1. The zero-order chi connectivity index (χ0) is 19.4. The molecule has 142 valence electrons. The summed E-state index contributed by atoms with van der Waals surface area (Å²) >= 11 is 2.78. The van der Waals surface area contributed by atoms with Gasteiger partial charge >= 0.3 is 0 Å². The lowest BCUT2D eigenvalue weighted by Gasteiger charge is -2.17.